The van der Waals surface area contributed by atoms with E-state index in [2.05, 4.69) is 11.3 Å². The zero-order chi connectivity index (χ0) is 10.6. The molecule has 0 aliphatic rings. The Kier molecular flexibility index (Phi) is 4.02. The van der Waals surface area contributed by atoms with Gasteiger partial charge in [-0.2, -0.15) is 8.42 Å². The minimum Gasteiger partial charge on any atom is -0.427 e. The molecule has 0 saturated carbocycles. The first-order valence-corrected chi connectivity index (χ1v) is 4.79. The van der Waals surface area contributed by atoms with Crippen molar-refractivity contribution < 1.29 is 26.9 Å². The first-order valence-electron chi connectivity index (χ1n) is 3.18. The minimum atomic E-state index is -4.48. The molecule has 1 atom stereocenters. The highest BCUT2D eigenvalue weighted by Gasteiger charge is 2.19. The van der Waals surface area contributed by atoms with Crippen LogP contribution in [0, 0.1) is 0 Å². The van der Waals surface area contributed by atoms with Crippen LogP contribution in [0.4, 0.5) is 4.39 Å². The Morgan fingerprint density at radius 1 is 1.69 bits per heavy atom. The molecule has 0 rings (SSSR count). The van der Waals surface area contributed by atoms with Crippen LogP contribution < -0.4 is 0 Å². The quantitative estimate of drug-likeness (QED) is 0.411. The monoisotopic (exact) mass is 212 g/mol. The van der Waals surface area contributed by atoms with Crippen molar-refractivity contribution in [2.45, 2.75) is 13.3 Å². The van der Waals surface area contributed by atoms with Gasteiger partial charge in [0.05, 0.1) is 0 Å². The molecule has 0 amide bonds. The van der Waals surface area contributed by atoms with Crippen LogP contribution in [-0.2, 0) is 19.6 Å². The fourth-order valence-electron chi connectivity index (χ4n) is 0.416. The molecule has 0 spiro atoms. The fraction of sp³-hybridized carbons (Fsp3) is 0.500. The van der Waals surface area contributed by atoms with Gasteiger partial charge >= 0.3 is 5.97 Å². The molecule has 1 N–H and O–H groups in total. The van der Waals surface area contributed by atoms with E-state index in [1.807, 2.05) is 0 Å². The normalized spacial score (nSPS) is 13.5. The molecule has 0 heterocycles. The van der Waals surface area contributed by atoms with Gasteiger partial charge in [-0.3, -0.25) is 4.55 Å². The molecule has 0 aliphatic heterocycles. The lowest BCUT2D eigenvalue weighted by Gasteiger charge is -2.07. The highest BCUT2D eigenvalue weighted by molar-refractivity contribution is 7.85. The Hall–Kier alpha value is -0.950. The van der Waals surface area contributed by atoms with Crippen LogP contribution in [0.3, 0.4) is 0 Å². The molecule has 76 valence electrons. The number of halogens is 1. The van der Waals surface area contributed by atoms with E-state index in [9.17, 15) is 17.6 Å². The summed E-state index contributed by atoms with van der Waals surface area (Å²) >= 11 is 0. The standard InChI is InChI=1S/C6H9FO5S/c1-4(2)6(8)12-5(7)3-13(9,10)11/h5H,1,3H2,2H3,(H,9,10,11). The maximum absolute atomic E-state index is 12.5. The summed E-state index contributed by atoms with van der Waals surface area (Å²) < 4.78 is 44.8. The van der Waals surface area contributed by atoms with Crippen molar-refractivity contribution in [2.24, 2.45) is 0 Å². The highest BCUT2D eigenvalue weighted by Crippen LogP contribution is 2.02. The lowest BCUT2D eigenvalue weighted by atomic mass is 10.4. The van der Waals surface area contributed by atoms with Crippen molar-refractivity contribution in [3.63, 3.8) is 0 Å². The second-order valence-corrected chi connectivity index (χ2v) is 3.84. The van der Waals surface area contributed by atoms with Crippen LogP contribution in [0.5, 0.6) is 0 Å². The van der Waals surface area contributed by atoms with Gasteiger partial charge in [-0.1, -0.05) is 6.58 Å². The topological polar surface area (TPSA) is 80.7 Å². The van der Waals surface area contributed by atoms with Crippen molar-refractivity contribution in [1.82, 2.24) is 0 Å². The molecule has 0 aromatic carbocycles. The maximum atomic E-state index is 12.5. The van der Waals surface area contributed by atoms with Crippen LogP contribution in [0.2, 0.25) is 0 Å². The molecule has 7 heteroatoms. The molecular weight excluding hydrogens is 203 g/mol. The van der Waals surface area contributed by atoms with E-state index in [4.69, 9.17) is 4.55 Å². The Bertz CT molecular complexity index is 307. The number of alkyl halides is 1. The van der Waals surface area contributed by atoms with Gasteiger partial charge in [-0.05, 0) is 6.92 Å². The molecule has 1 unspecified atom stereocenters. The van der Waals surface area contributed by atoms with Crippen molar-refractivity contribution >= 4 is 16.1 Å². The Labute approximate surface area is 74.9 Å². The van der Waals surface area contributed by atoms with Gasteiger partial charge in [0.15, 0.2) is 0 Å². The van der Waals surface area contributed by atoms with Crippen LogP contribution in [-0.4, -0.2) is 31.1 Å². The van der Waals surface area contributed by atoms with Crippen LogP contribution in [0.1, 0.15) is 6.92 Å². The average Bonchev–Trinajstić information content (AvgIpc) is 1.81. The van der Waals surface area contributed by atoms with Crippen molar-refractivity contribution in [3.05, 3.63) is 12.2 Å². The summed E-state index contributed by atoms with van der Waals surface area (Å²) in [5, 5.41) is 0. The third-order valence-electron chi connectivity index (χ3n) is 0.925. The van der Waals surface area contributed by atoms with E-state index >= 15 is 0 Å². The summed E-state index contributed by atoms with van der Waals surface area (Å²) in [6.07, 6.45) is -2.38. The van der Waals surface area contributed by atoms with Gasteiger partial charge in [0.2, 0.25) is 0 Å². The second-order valence-electron chi connectivity index (χ2n) is 2.34. The van der Waals surface area contributed by atoms with E-state index in [-0.39, 0.29) is 5.57 Å². The number of ether oxygens (including phenoxy) is 1. The lowest BCUT2D eigenvalue weighted by Crippen LogP contribution is -2.22. The summed E-state index contributed by atoms with van der Waals surface area (Å²) in [5.74, 6) is -2.32. The Morgan fingerprint density at radius 2 is 2.15 bits per heavy atom. The van der Waals surface area contributed by atoms with Gasteiger partial charge in [0.25, 0.3) is 16.5 Å². The van der Waals surface area contributed by atoms with E-state index in [0.29, 0.717) is 0 Å². The van der Waals surface area contributed by atoms with Gasteiger partial charge < -0.3 is 4.74 Å². The SMILES string of the molecule is C=C(C)C(=O)OC(F)CS(=O)(=O)O. The Morgan fingerprint density at radius 3 is 2.46 bits per heavy atom. The molecule has 0 aliphatic carbocycles. The van der Waals surface area contributed by atoms with Gasteiger partial charge in [-0.15, -0.1) is 0 Å². The molecule has 0 aromatic heterocycles. The van der Waals surface area contributed by atoms with Gasteiger partial charge in [0, 0.05) is 5.57 Å². The third kappa shape index (κ3) is 6.23. The summed E-state index contributed by atoms with van der Waals surface area (Å²) in [4.78, 5) is 10.6. The largest absolute Gasteiger partial charge is 0.427 e. The molecule has 0 bridgehead atoms. The fourth-order valence-corrected chi connectivity index (χ4v) is 0.816. The van der Waals surface area contributed by atoms with E-state index in [0.717, 1.165) is 0 Å². The molecular formula is C6H9FO5S. The van der Waals surface area contributed by atoms with Crippen molar-refractivity contribution in [1.29, 1.82) is 0 Å². The zero-order valence-corrected chi connectivity index (χ0v) is 7.67. The van der Waals surface area contributed by atoms with E-state index in [1.165, 1.54) is 6.92 Å². The van der Waals surface area contributed by atoms with E-state index < -0.39 is 28.2 Å². The van der Waals surface area contributed by atoms with Crippen LogP contribution >= 0.6 is 0 Å². The highest BCUT2D eigenvalue weighted by atomic mass is 32.2. The lowest BCUT2D eigenvalue weighted by molar-refractivity contribution is -0.150. The number of rotatable bonds is 4. The predicted octanol–water partition coefficient (Wildman–Crippen LogP) is 0.289. The Balaban J connectivity index is 4.10. The summed E-state index contributed by atoms with van der Waals surface area (Å²) in [6, 6.07) is 0. The zero-order valence-electron chi connectivity index (χ0n) is 6.86. The number of esters is 1. The molecule has 5 nitrogen and oxygen atoms in total. The molecule has 13 heavy (non-hydrogen) atoms. The number of hydrogen-bond donors (Lipinski definition) is 1. The molecule has 0 saturated heterocycles. The maximum Gasteiger partial charge on any atom is 0.335 e. The van der Waals surface area contributed by atoms with Crippen molar-refractivity contribution in [3.8, 4) is 0 Å². The van der Waals surface area contributed by atoms with Gasteiger partial charge in [-0.25, -0.2) is 9.18 Å². The molecule has 0 aromatic rings. The minimum absolute atomic E-state index is 0.0574. The summed E-state index contributed by atoms with van der Waals surface area (Å²) in [6.45, 7) is 4.43. The van der Waals surface area contributed by atoms with E-state index in [1.54, 1.807) is 0 Å². The summed E-state index contributed by atoms with van der Waals surface area (Å²) in [7, 11) is -4.48. The molecule has 0 radical (unpaired) electrons. The summed E-state index contributed by atoms with van der Waals surface area (Å²) in [5.41, 5.74) is -0.0574. The van der Waals surface area contributed by atoms with Crippen LogP contribution in [0.15, 0.2) is 12.2 Å². The first-order chi connectivity index (χ1) is 5.72. The first kappa shape index (κ1) is 12.0. The second kappa shape index (κ2) is 4.33. The molecule has 0 fully saturated rings. The van der Waals surface area contributed by atoms with Crippen molar-refractivity contribution in [2.75, 3.05) is 5.75 Å². The predicted molar refractivity (Wildman–Crippen MR) is 42.2 cm³/mol. The number of carbonyl (C=O) groups excluding carboxylic acids is 1. The number of carbonyl (C=O) groups is 1. The van der Waals surface area contributed by atoms with Crippen LogP contribution in [0.25, 0.3) is 0 Å². The number of hydrogen-bond acceptors (Lipinski definition) is 4. The third-order valence-corrected chi connectivity index (χ3v) is 1.61. The average molecular weight is 212 g/mol. The smallest absolute Gasteiger partial charge is 0.335 e. The van der Waals surface area contributed by atoms with Gasteiger partial charge in [0.1, 0.15) is 5.75 Å².